The van der Waals surface area contributed by atoms with Gasteiger partial charge in [-0.05, 0) is 43.4 Å². The van der Waals surface area contributed by atoms with Crippen LogP contribution in [-0.4, -0.2) is 52.7 Å². The minimum atomic E-state index is -4.28. The average Bonchev–Trinajstić information content (AvgIpc) is 3.28. The van der Waals surface area contributed by atoms with Crippen LogP contribution in [0.3, 0.4) is 0 Å². The second-order valence-corrected chi connectivity index (χ2v) is 8.24. The lowest BCUT2D eigenvalue weighted by Gasteiger charge is -2.34. The van der Waals surface area contributed by atoms with Crippen LogP contribution < -0.4 is 5.32 Å². The highest BCUT2D eigenvalue weighted by molar-refractivity contribution is 5.89. The molecule has 1 saturated heterocycles. The summed E-state index contributed by atoms with van der Waals surface area (Å²) >= 11 is 0. The van der Waals surface area contributed by atoms with Gasteiger partial charge < -0.3 is 15.5 Å². The van der Waals surface area contributed by atoms with E-state index in [1.807, 2.05) is 0 Å². The molecule has 1 aromatic rings. The Morgan fingerprint density at radius 1 is 1.03 bits per heavy atom. The van der Waals surface area contributed by atoms with E-state index in [9.17, 15) is 22.8 Å². The van der Waals surface area contributed by atoms with Crippen molar-refractivity contribution in [3.63, 3.8) is 0 Å². The number of aliphatic carboxylic acids is 2. The minimum absolute atomic E-state index is 0.355. The van der Waals surface area contributed by atoms with Gasteiger partial charge in [-0.2, -0.15) is 13.2 Å². The fraction of sp³-hybridized carbons (Fsp3) is 0.565. The van der Waals surface area contributed by atoms with E-state index in [1.54, 1.807) is 12.1 Å². The van der Waals surface area contributed by atoms with Gasteiger partial charge in [0.1, 0.15) is 0 Å². The summed E-state index contributed by atoms with van der Waals surface area (Å²) in [5.41, 5.74) is -0.0719. The maximum atomic E-state index is 13.3. The predicted octanol–water partition coefficient (Wildman–Crippen LogP) is 4.16. The lowest BCUT2D eigenvalue weighted by Crippen LogP contribution is -2.40. The van der Waals surface area contributed by atoms with Gasteiger partial charge in [-0.25, -0.2) is 9.59 Å². The number of carbonyl (C=O) groups is 2. The third-order valence-corrected chi connectivity index (χ3v) is 5.83. The third kappa shape index (κ3) is 9.00. The number of nitrogens with one attached hydrogen (secondary N) is 1. The number of halogens is 3. The molecule has 2 fully saturated rings. The van der Waals surface area contributed by atoms with Crippen LogP contribution in [0, 0.1) is 5.92 Å². The summed E-state index contributed by atoms with van der Waals surface area (Å²) in [6.45, 7) is 3.19. The molecule has 0 amide bonds. The Morgan fingerprint density at radius 2 is 1.66 bits per heavy atom. The van der Waals surface area contributed by atoms with Crippen molar-refractivity contribution in [3.05, 3.63) is 47.5 Å². The number of benzene rings is 1. The zero-order valence-corrected chi connectivity index (χ0v) is 18.0. The molecule has 1 aliphatic heterocycles. The van der Waals surface area contributed by atoms with Crippen LogP contribution >= 0.6 is 0 Å². The number of hydrogen-bond donors (Lipinski definition) is 3. The highest BCUT2D eigenvalue weighted by atomic mass is 19.4. The van der Waals surface area contributed by atoms with Gasteiger partial charge in [0.15, 0.2) is 0 Å². The van der Waals surface area contributed by atoms with Crippen LogP contribution in [0.1, 0.15) is 49.7 Å². The van der Waals surface area contributed by atoms with Crippen molar-refractivity contribution in [3.8, 4) is 0 Å². The molecule has 6 nitrogen and oxygen atoms in total. The Labute approximate surface area is 186 Å². The van der Waals surface area contributed by atoms with Crippen molar-refractivity contribution in [2.75, 3.05) is 19.6 Å². The van der Waals surface area contributed by atoms with Crippen molar-refractivity contribution in [2.24, 2.45) is 5.92 Å². The van der Waals surface area contributed by atoms with E-state index in [0.29, 0.717) is 36.2 Å². The molecule has 9 heteroatoms. The van der Waals surface area contributed by atoms with E-state index in [0.717, 1.165) is 26.1 Å². The van der Waals surface area contributed by atoms with Crippen molar-refractivity contribution in [1.29, 1.82) is 0 Å². The molecule has 1 atom stereocenters. The Kier molecular flexibility index (Phi) is 10.2. The molecule has 3 rings (SSSR count). The zero-order chi connectivity index (χ0) is 23.6. The van der Waals surface area contributed by atoms with Crippen LogP contribution in [-0.2, 0) is 22.3 Å². The van der Waals surface area contributed by atoms with Crippen molar-refractivity contribution in [1.82, 2.24) is 10.2 Å². The molecule has 32 heavy (non-hydrogen) atoms. The van der Waals surface area contributed by atoms with Gasteiger partial charge in [-0.1, -0.05) is 37.5 Å². The van der Waals surface area contributed by atoms with Crippen LogP contribution in [0.15, 0.2) is 36.4 Å². The van der Waals surface area contributed by atoms with E-state index < -0.39 is 23.7 Å². The van der Waals surface area contributed by atoms with Crippen molar-refractivity contribution in [2.45, 2.75) is 57.3 Å². The van der Waals surface area contributed by atoms with Gasteiger partial charge in [-0.3, -0.25) is 4.90 Å². The highest BCUT2D eigenvalue weighted by Crippen LogP contribution is 2.33. The molecule has 178 valence electrons. The summed E-state index contributed by atoms with van der Waals surface area (Å²) in [4.78, 5) is 21.4. The first-order valence-electron chi connectivity index (χ1n) is 10.9. The zero-order valence-electron chi connectivity index (χ0n) is 18.0. The first kappa shape index (κ1) is 25.9. The number of hydrogen-bond acceptors (Lipinski definition) is 4. The molecule has 1 saturated carbocycles. The van der Waals surface area contributed by atoms with Gasteiger partial charge in [-0.15, -0.1) is 0 Å². The number of carboxylic acids is 2. The van der Waals surface area contributed by atoms with E-state index in [2.05, 4.69) is 10.2 Å². The fourth-order valence-corrected chi connectivity index (χ4v) is 4.29. The third-order valence-electron chi connectivity index (χ3n) is 5.83. The Bertz CT molecular complexity index is 755. The van der Waals surface area contributed by atoms with Crippen LogP contribution in [0.2, 0.25) is 0 Å². The summed E-state index contributed by atoms with van der Waals surface area (Å²) in [6, 6.07) is 6.40. The number of rotatable bonds is 7. The molecular weight excluding hydrogens is 425 g/mol. The molecule has 0 radical (unpaired) electrons. The molecule has 1 aliphatic carbocycles. The Hall–Kier alpha value is -2.39. The summed E-state index contributed by atoms with van der Waals surface area (Å²) in [7, 11) is 0. The van der Waals surface area contributed by atoms with E-state index in [1.165, 1.54) is 44.2 Å². The summed E-state index contributed by atoms with van der Waals surface area (Å²) < 4.78 is 39.9. The van der Waals surface area contributed by atoms with Crippen molar-refractivity contribution < 1.29 is 33.0 Å². The van der Waals surface area contributed by atoms with Gasteiger partial charge in [0.05, 0.1) is 5.56 Å². The maximum Gasteiger partial charge on any atom is 0.416 e. The van der Waals surface area contributed by atoms with E-state index >= 15 is 0 Å². The Balaban J connectivity index is 0.000000390. The standard InChI is InChI=1S/C19H27F3N2.C4H4O4/c20-19(21,22)18-9-5-4-8-16(18)14-24(17-10-11-23-12-17)13-15-6-2-1-3-7-15;5-3(6)1-2-4(7)8/h4-5,8-9,15,17,23H,1-3,6-7,10-14H2;1-2H,(H,5,6)(H,7,8)/b;2-1+. The second kappa shape index (κ2) is 12.6. The first-order chi connectivity index (χ1) is 15.2. The van der Waals surface area contributed by atoms with E-state index in [4.69, 9.17) is 10.2 Å². The van der Waals surface area contributed by atoms with Gasteiger partial charge in [0.25, 0.3) is 0 Å². The molecule has 1 unspecified atom stereocenters. The summed E-state index contributed by atoms with van der Waals surface area (Å²) in [5.74, 6) is -1.88. The monoisotopic (exact) mass is 456 g/mol. The van der Waals surface area contributed by atoms with Gasteiger partial charge in [0.2, 0.25) is 0 Å². The van der Waals surface area contributed by atoms with Gasteiger partial charge >= 0.3 is 18.1 Å². The fourth-order valence-electron chi connectivity index (χ4n) is 4.29. The average molecular weight is 457 g/mol. The largest absolute Gasteiger partial charge is 0.478 e. The topological polar surface area (TPSA) is 89.9 Å². The molecule has 0 spiro atoms. The molecule has 2 aliphatic rings. The SMILES string of the molecule is FC(F)(F)c1ccccc1CN(CC1CCCCC1)C1CCNC1.O=C(O)/C=C/C(=O)O. The second-order valence-electron chi connectivity index (χ2n) is 8.24. The normalized spacial score (nSPS) is 19.7. The minimum Gasteiger partial charge on any atom is -0.478 e. The van der Waals surface area contributed by atoms with Crippen molar-refractivity contribution >= 4 is 11.9 Å². The van der Waals surface area contributed by atoms with E-state index in [-0.39, 0.29) is 0 Å². The predicted molar refractivity (Wildman–Crippen MR) is 114 cm³/mol. The summed E-state index contributed by atoms with van der Waals surface area (Å²) in [5, 5.41) is 19.0. The lowest BCUT2D eigenvalue weighted by atomic mass is 9.88. The Morgan fingerprint density at radius 3 is 2.19 bits per heavy atom. The maximum absolute atomic E-state index is 13.3. The summed E-state index contributed by atoms with van der Waals surface area (Å²) in [6.07, 6.45) is 4.14. The van der Waals surface area contributed by atoms with Crippen LogP contribution in [0.25, 0.3) is 0 Å². The molecule has 1 aromatic carbocycles. The number of alkyl halides is 3. The van der Waals surface area contributed by atoms with Crippen LogP contribution in [0.5, 0.6) is 0 Å². The molecule has 1 heterocycles. The number of carboxylic acid groups (broad SMARTS) is 2. The molecule has 3 N–H and O–H groups in total. The molecular formula is C23H31F3N2O4. The molecule has 0 aromatic heterocycles. The van der Waals surface area contributed by atoms with Crippen LogP contribution in [0.4, 0.5) is 13.2 Å². The van der Waals surface area contributed by atoms with Gasteiger partial charge in [0, 0.05) is 37.8 Å². The highest BCUT2D eigenvalue weighted by Gasteiger charge is 2.34. The smallest absolute Gasteiger partial charge is 0.416 e. The quantitative estimate of drug-likeness (QED) is 0.534. The lowest BCUT2D eigenvalue weighted by molar-refractivity contribution is -0.138. The first-order valence-corrected chi connectivity index (χ1v) is 10.9. The number of nitrogens with zero attached hydrogens (tertiary/aromatic N) is 1. The molecule has 0 bridgehead atoms.